The number of rotatable bonds is 5. The molecule has 2 aliphatic heterocycles. The van der Waals surface area contributed by atoms with E-state index in [0.29, 0.717) is 30.3 Å². The minimum atomic E-state index is -1.08. The largest absolute Gasteiger partial charge is 0.387 e. The first-order chi connectivity index (χ1) is 12.6. The second-order valence-electron chi connectivity index (χ2n) is 7.00. The van der Waals surface area contributed by atoms with Gasteiger partial charge in [0.2, 0.25) is 0 Å². The van der Waals surface area contributed by atoms with Gasteiger partial charge in [0.15, 0.2) is 17.7 Å². The van der Waals surface area contributed by atoms with E-state index in [1.165, 1.54) is 12.7 Å². The molecule has 2 aromatic rings. The number of nitrogen functional groups attached to an aromatic ring is 1. The van der Waals surface area contributed by atoms with Crippen LogP contribution in [0.4, 0.5) is 5.82 Å². The Hall–Kier alpha value is -1.85. The maximum Gasteiger partial charge on any atom is 0.167 e. The van der Waals surface area contributed by atoms with Crippen LogP contribution in [0.2, 0.25) is 0 Å². The van der Waals surface area contributed by atoms with E-state index in [-0.39, 0.29) is 5.82 Å². The summed E-state index contributed by atoms with van der Waals surface area (Å²) in [5.41, 5.74) is 12.4. The summed E-state index contributed by atoms with van der Waals surface area (Å²) >= 11 is 0. The zero-order chi connectivity index (χ0) is 18.3. The number of likely N-dealkylation sites (tertiary alicyclic amines) is 1. The van der Waals surface area contributed by atoms with Gasteiger partial charge < -0.3 is 26.4 Å². The second-order valence-corrected chi connectivity index (χ2v) is 7.00. The molecule has 10 nitrogen and oxygen atoms in total. The van der Waals surface area contributed by atoms with Crippen molar-refractivity contribution in [3.8, 4) is 0 Å². The molecule has 0 spiro atoms. The lowest BCUT2D eigenvalue weighted by Gasteiger charge is -2.27. The van der Waals surface area contributed by atoms with Crippen LogP contribution in [-0.2, 0) is 4.74 Å². The molecule has 2 fully saturated rings. The molecule has 0 saturated carbocycles. The first-order valence-corrected chi connectivity index (χ1v) is 8.99. The maximum absolute atomic E-state index is 10.5. The quantitative estimate of drug-likeness (QED) is 0.516. The normalized spacial score (nSPS) is 32.7. The highest BCUT2D eigenvalue weighted by Gasteiger charge is 2.45. The number of fused-ring (bicyclic) bond motifs is 1. The molecular formula is C16H25N7O3. The zero-order valence-electron chi connectivity index (χ0n) is 14.5. The van der Waals surface area contributed by atoms with Crippen molar-refractivity contribution in [2.75, 3.05) is 25.4 Å². The summed E-state index contributed by atoms with van der Waals surface area (Å²) in [7, 11) is 0. The Bertz CT molecular complexity index is 769. The standard InChI is InChI=1S/C16H25N7O3/c17-4-3-9-2-1-5-22(9)6-10-12(24)13(25)16(26-10)23-8-21-11-14(18)19-7-20-15(11)23/h7-10,12-13,16,24-25H,1-6,17H2,(H2,18,19,20)/t9-,10+,12+,13+,16+/m0/s1. The fourth-order valence-corrected chi connectivity index (χ4v) is 4.05. The lowest BCUT2D eigenvalue weighted by molar-refractivity contribution is -0.0453. The number of anilines is 1. The van der Waals surface area contributed by atoms with E-state index in [0.717, 1.165) is 25.8 Å². The van der Waals surface area contributed by atoms with Gasteiger partial charge in [-0.2, -0.15) is 0 Å². The summed E-state index contributed by atoms with van der Waals surface area (Å²) in [6, 6.07) is 0.411. The fourth-order valence-electron chi connectivity index (χ4n) is 4.05. The highest BCUT2D eigenvalue weighted by molar-refractivity contribution is 5.81. The molecule has 0 radical (unpaired) electrons. The zero-order valence-corrected chi connectivity index (χ0v) is 14.5. The molecule has 0 amide bonds. The van der Waals surface area contributed by atoms with E-state index in [1.807, 2.05) is 0 Å². The number of aromatic nitrogens is 4. The van der Waals surface area contributed by atoms with Crippen molar-refractivity contribution in [2.24, 2.45) is 5.73 Å². The third-order valence-corrected chi connectivity index (χ3v) is 5.41. The van der Waals surface area contributed by atoms with Crippen LogP contribution in [0, 0.1) is 0 Å². The molecule has 5 atom stereocenters. The van der Waals surface area contributed by atoms with Gasteiger partial charge in [0.05, 0.1) is 6.33 Å². The smallest absolute Gasteiger partial charge is 0.167 e. The summed E-state index contributed by atoms with van der Waals surface area (Å²) in [6.07, 6.45) is 2.65. The van der Waals surface area contributed by atoms with Crippen LogP contribution < -0.4 is 11.5 Å². The lowest BCUT2D eigenvalue weighted by Crippen LogP contribution is -2.42. The molecule has 142 valence electrons. The van der Waals surface area contributed by atoms with Crippen LogP contribution in [0.15, 0.2) is 12.7 Å². The average Bonchev–Trinajstić information content (AvgIpc) is 3.31. The maximum atomic E-state index is 10.5. The molecular weight excluding hydrogens is 338 g/mol. The molecule has 10 heteroatoms. The molecule has 0 unspecified atom stereocenters. The topological polar surface area (TPSA) is 149 Å². The van der Waals surface area contributed by atoms with Crippen LogP contribution >= 0.6 is 0 Å². The summed E-state index contributed by atoms with van der Waals surface area (Å²) in [6.45, 7) is 2.15. The molecule has 4 rings (SSSR count). The van der Waals surface area contributed by atoms with E-state index >= 15 is 0 Å². The van der Waals surface area contributed by atoms with E-state index in [1.54, 1.807) is 4.57 Å². The molecule has 6 N–H and O–H groups in total. The fraction of sp³-hybridized carbons (Fsp3) is 0.688. The molecule has 0 aromatic carbocycles. The Labute approximate surface area is 150 Å². The third kappa shape index (κ3) is 2.93. The summed E-state index contributed by atoms with van der Waals surface area (Å²) in [5.74, 6) is 0.264. The van der Waals surface area contributed by atoms with Gasteiger partial charge in [-0.25, -0.2) is 15.0 Å². The Balaban J connectivity index is 1.53. The monoisotopic (exact) mass is 363 g/mol. The Kier molecular flexibility index (Phi) is 4.76. The predicted octanol–water partition coefficient (Wildman–Crippen LogP) is -1.16. The third-order valence-electron chi connectivity index (χ3n) is 5.41. The van der Waals surface area contributed by atoms with Gasteiger partial charge in [-0.05, 0) is 32.4 Å². The highest BCUT2D eigenvalue weighted by Crippen LogP contribution is 2.33. The van der Waals surface area contributed by atoms with Crippen molar-refractivity contribution in [3.05, 3.63) is 12.7 Å². The molecule has 26 heavy (non-hydrogen) atoms. The average molecular weight is 363 g/mol. The number of ether oxygens (including phenoxy) is 1. The van der Waals surface area contributed by atoms with E-state index < -0.39 is 24.5 Å². The van der Waals surface area contributed by atoms with Crippen molar-refractivity contribution in [3.63, 3.8) is 0 Å². The van der Waals surface area contributed by atoms with E-state index in [2.05, 4.69) is 19.9 Å². The van der Waals surface area contributed by atoms with Crippen molar-refractivity contribution in [2.45, 2.75) is 49.8 Å². The highest BCUT2D eigenvalue weighted by atomic mass is 16.6. The van der Waals surface area contributed by atoms with Crippen LogP contribution in [0.1, 0.15) is 25.5 Å². The molecule has 2 saturated heterocycles. The van der Waals surface area contributed by atoms with Crippen molar-refractivity contribution in [1.29, 1.82) is 0 Å². The summed E-state index contributed by atoms with van der Waals surface area (Å²) < 4.78 is 7.62. The van der Waals surface area contributed by atoms with Gasteiger partial charge in [0, 0.05) is 12.6 Å². The van der Waals surface area contributed by atoms with Gasteiger partial charge in [0.1, 0.15) is 30.2 Å². The molecule has 0 bridgehead atoms. The first-order valence-electron chi connectivity index (χ1n) is 8.99. The van der Waals surface area contributed by atoms with E-state index in [9.17, 15) is 10.2 Å². The Morgan fingerprint density at radius 3 is 2.88 bits per heavy atom. The van der Waals surface area contributed by atoms with Gasteiger partial charge >= 0.3 is 0 Å². The number of imidazole rings is 1. The minimum absolute atomic E-state index is 0.264. The van der Waals surface area contributed by atoms with Crippen LogP contribution in [0.5, 0.6) is 0 Å². The predicted molar refractivity (Wildman–Crippen MR) is 93.9 cm³/mol. The number of aliphatic hydroxyl groups is 2. The first kappa shape index (κ1) is 17.6. The van der Waals surface area contributed by atoms with Crippen LogP contribution in [0.3, 0.4) is 0 Å². The number of nitrogens with two attached hydrogens (primary N) is 2. The van der Waals surface area contributed by atoms with E-state index in [4.69, 9.17) is 16.2 Å². The van der Waals surface area contributed by atoms with Crippen molar-refractivity contribution < 1.29 is 14.9 Å². The number of aliphatic hydroxyl groups excluding tert-OH is 2. The molecule has 2 aliphatic rings. The van der Waals surface area contributed by atoms with Gasteiger partial charge in [0.25, 0.3) is 0 Å². The Morgan fingerprint density at radius 1 is 1.23 bits per heavy atom. The van der Waals surface area contributed by atoms with Gasteiger partial charge in [-0.1, -0.05) is 0 Å². The molecule has 2 aromatic heterocycles. The lowest BCUT2D eigenvalue weighted by atomic mass is 10.1. The van der Waals surface area contributed by atoms with Crippen molar-refractivity contribution in [1.82, 2.24) is 24.4 Å². The van der Waals surface area contributed by atoms with Crippen LogP contribution in [-0.4, -0.2) is 78.6 Å². The summed E-state index contributed by atoms with van der Waals surface area (Å²) in [5, 5.41) is 21.0. The SMILES string of the molecule is NCC[C@@H]1CCCN1C[C@H]1O[C@@H](n2cnc3c(N)ncnc32)[C@H](O)[C@@H]1O. The molecule has 0 aliphatic carbocycles. The Morgan fingerprint density at radius 2 is 2.08 bits per heavy atom. The number of hydrogen-bond donors (Lipinski definition) is 4. The summed E-state index contributed by atoms with van der Waals surface area (Å²) in [4.78, 5) is 14.6. The van der Waals surface area contributed by atoms with Crippen LogP contribution in [0.25, 0.3) is 11.2 Å². The molecule has 4 heterocycles. The van der Waals surface area contributed by atoms with Crippen molar-refractivity contribution >= 4 is 17.0 Å². The minimum Gasteiger partial charge on any atom is -0.387 e. The number of nitrogens with zero attached hydrogens (tertiary/aromatic N) is 5. The van der Waals surface area contributed by atoms with Gasteiger partial charge in [-0.3, -0.25) is 9.47 Å². The number of hydrogen-bond acceptors (Lipinski definition) is 9. The second kappa shape index (κ2) is 7.05. The van der Waals surface area contributed by atoms with Gasteiger partial charge in [-0.15, -0.1) is 0 Å².